The molecule has 0 spiro atoms. The van der Waals surface area contributed by atoms with E-state index in [4.69, 9.17) is 24.2 Å². The Kier molecular flexibility index (Phi) is 7.07. The monoisotopic (exact) mass is 401 g/mol. The Bertz CT molecular complexity index is 1050. The van der Waals surface area contributed by atoms with E-state index in [1.165, 1.54) is 13.2 Å². The van der Waals surface area contributed by atoms with Crippen LogP contribution in [0.3, 0.4) is 0 Å². The van der Waals surface area contributed by atoms with Crippen LogP contribution in [-0.2, 0) is 4.79 Å². The van der Waals surface area contributed by atoms with Crippen LogP contribution in [0.5, 0.6) is 28.7 Å². The number of para-hydroxylation sites is 1. The highest BCUT2D eigenvalue weighted by molar-refractivity contribution is 5.88. The van der Waals surface area contributed by atoms with E-state index in [1.54, 1.807) is 48.5 Å². The first kappa shape index (κ1) is 20.5. The number of hydrogen-bond donors (Lipinski definition) is 0. The number of carbonyl (C=O) groups is 1. The molecule has 3 aromatic carbocycles. The first-order chi connectivity index (χ1) is 14.7. The average Bonchev–Trinajstić information content (AvgIpc) is 2.78. The van der Waals surface area contributed by atoms with Crippen molar-refractivity contribution in [3.8, 4) is 34.8 Å². The number of esters is 1. The van der Waals surface area contributed by atoms with E-state index in [2.05, 4.69) is 0 Å². The highest BCUT2D eigenvalue weighted by atomic mass is 16.5. The van der Waals surface area contributed by atoms with E-state index >= 15 is 0 Å². The SMILES string of the molecule is COc1cc(/C=C/C(=O)Oc2ccc(Oc3ccccc3)cc2)ccc1OCC#N. The molecule has 0 aliphatic heterocycles. The highest BCUT2D eigenvalue weighted by Gasteiger charge is 2.06. The number of rotatable bonds is 8. The average molecular weight is 401 g/mol. The fourth-order valence-electron chi connectivity index (χ4n) is 2.53. The Labute approximate surface area is 174 Å². The van der Waals surface area contributed by atoms with E-state index in [1.807, 2.05) is 36.4 Å². The predicted octanol–water partition coefficient (Wildman–Crippen LogP) is 5.01. The minimum atomic E-state index is -0.518. The first-order valence-corrected chi connectivity index (χ1v) is 9.08. The van der Waals surface area contributed by atoms with Crippen molar-refractivity contribution in [1.29, 1.82) is 5.26 Å². The normalized spacial score (nSPS) is 10.3. The molecule has 150 valence electrons. The third-order valence-electron chi connectivity index (χ3n) is 3.91. The van der Waals surface area contributed by atoms with Crippen molar-refractivity contribution < 1.29 is 23.7 Å². The standard InChI is InChI=1S/C24H19NO5/c1-27-23-17-18(7-13-22(23)28-16-15-25)8-14-24(26)30-21-11-9-20(10-12-21)29-19-5-3-2-4-6-19/h2-14,17H,16H2,1H3/b14-8+. The Balaban J connectivity index is 1.58. The van der Waals surface area contributed by atoms with Gasteiger partial charge in [0.05, 0.1) is 7.11 Å². The van der Waals surface area contributed by atoms with Crippen LogP contribution < -0.4 is 18.9 Å². The second-order valence-electron chi connectivity index (χ2n) is 6.00. The van der Waals surface area contributed by atoms with E-state index < -0.39 is 5.97 Å². The van der Waals surface area contributed by atoms with Gasteiger partial charge >= 0.3 is 5.97 Å². The molecule has 0 aliphatic carbocycles. The lowest BCUT2D eigenvalue weighted by Gasteiger charge is -2.08. The number of methoxy groups -OCH3 is 1. The first-order valence-electron chi connectivity index (χ1n) is 9.08. The van der Waals surface area contributed by atoms with E-state index in [0.29, 0.717) is 23.0 Å². The summed E-state index contributed by atoms with van der Waals surface area (Å²) in [7, 11) is 1.50. The molecule has 0 fully saturated rings. The Morgan fingerprint density at radius 1 is 0.933 bits per heavy atom. The second-order valence-corrected chi connectivity index (χ2v) is 6.00. The number of nitrogens with zero attached hydrogens (tertiary/aromatic N) is 1. The molecule has 0 aromatic heterocycles. The summed E-state index contributed by atoms with van der Waals surface area (Å²) in [6.45, 7) is -0.0763. The summed E-state index contributed by atoms with van der Waals surface area (Å²) in [5.41, 5.74) is 0.722. The zero-order chi connectivity index (χ0) is 21.2. The van der Waals surface area contributed by atoms with Gasteiger partial charge in [0.1, 0.15) is 23.3 Å². The zero-order valence-electron chi connectivity index (χ0n) is 16.3. The Morgan fingerprint density at radius 2 is 1.63 bits per heavy atom. The molecule has 0 saturated carbocycles. The Hall–Kier alpha value is -4.24. The van der Waals surface area contributed by atoms with Gasteiger partial charge in [0.15, 0.2) is 18.1 Å². The molecular weight excluding hydrogens is 382 g/mol. The van der Waals surface area contributed by atoms with E-state index in [9.17, 15) is 4.79 Å². The molecule has 0 unspecified atom stereocenters. The summed E-state index contributed by atoms with van der Waals surface area (Å²) >= 11 is 0. The second kappa shape index (κ2) is 10.3. The van der Waals surface area contributed by atoms with Crippen LogP contribution in [0.1, 0.15) is 5.56 Å². The summed E-state index contributed by atoms with van der Waals surface area (Å²) < 4.78 is 21.5. The van der Waals surface area contributed by atoms with Crippen LogP contribution in [0.4, 0.5) is 0 Å². The van der Waals surface area contributed by atoms with Gasteiger partial charge in [0.2, 0.25) is 0 Å². The highest BCUT2D eigenvalue weighted by Crippen LogP contribution is 2.28. The van der Waals surface area contributed by atoms with Crippen LogP contribution in [0.15, 0.2) is 78.9 Å². The van der Waals surface area contributed by atoms with Crippen molar-refractivity contribution in [2.75, 3.05) is 13.7 Å². The molecule has 0 saturated heterocycles. The lowest BCUT2D eigenvalue weighted by Crippen LogP contribution is -2.03. The van der Waals surface area contributed by atoms with Crippen molar-refractivity contribution in [3.63, 3.8) is 0 Å². The van der Waals surface area contributed by atoms with Gasteiger partial charge < -0.3 is 18.9 Å². The van der Waals surface area contributed by atoms with Crippen molar-refractivity contribution in [2.45, 2.75) is 0 Å². The van der Waals surface area contributed by atoms with Gasteiger partial charge in [-0.05, 0) is 60.2 Å². The molecule has 6 nitrogen and oxygen atoms in total. The van der Waals surface area contributed by atoms with Crippen molar-refractivity contribution in [2.24, 2.45) is 0 Å². The summed E-state index contributed by atoms with van der Waals surface area (Å²) in [4.78, 5) is 12.1. The minimum Gasteiger partial charge on any atom is -0.493 e. The number of benzene rings is 3. The molecule has 0 heterocycles. The largest absolute Gasteiger partial charge is 0.493 e. The van der Waals surface area contributed by atoms with Gasteiger partial charge in [-0.15, -0.1) is 0 Å². The van der Waals surface area contributed by atoms with Gasteiger partial charge in [0, 0.05) is 6.08 Å². The van der Waals surface area contributed by atoms with Crippen LogP contribution in [0.25, 0.3) is 6.08 Å². The van der Waals surface area contributed by atoms with E-state index in [0.717, 1.165) is 11.3 Å². The van der Waals surface area contributed by atoms with Crippen molar-refractivity contribution >= 4 is 12.0 Å². The quantitative estimate of drug-likeness (QED) is 0.300. The summed E-state index contributed by atoms with van der Waals surface area (Å²) in [5, 5.41) is 8.61. The topological polar surface area (TPSA) is 77.8 Å². The van der Waals surface area contributed by atoms with Crippen LogP contribution >= 0.6 is 0 Å². The number of nitriles is 1. The van der Waals surface area contributed by atoms with Gasteiger partial charge in [-0.2, -0.15) is 5.26 Å². The molecule has 3 aromatic rings. The lowest BCUT2D eigenvalue weighted by molar-refractivity contribution is -0.128. The molecule has 0 atom stereocenters. The number of ether oxygens (including phenoxy) is 4. The maximum Gasteiger partial charge on any atom is 0.336 e. The van der Waals surface area contributed by atoms with Crippen molar-refractivity contribution in [1.82, 2.24) is 0 Å². The molecule has 6 heteroatoms. The van der Waals surface area contributed by atoms with Gasteiger partial charge in [-0.25, -0.2) is 4.79 Å². The molecular formula is C24H19NO5. The molecule has 0 radical (unpaired) electrons. The molecule has 30 heavy (non-hydrogen) atoms. The van der Waals surface area contributed by atoms with Crippen LogP contribution in [-0.4, -0.2) is 19.7 Å². The van der Waals surface area contributed by atoms with Gasteiger partial charge in [-0.1, -0.05) is 24.3 Å². The smallest absolute Gasteiger partial charge is 0.336 e. The Morgan fingerprint density at radius 3 is 2.33 bits per heavy atom. The number of carbonyl (C=O) groups excluding carboxylic acids is 1. The molecule has 0 aliphatic rings. The third-order valence-corrected chi connectivity index (χ3v) is 3.91. The maximum absolute atomic E-state index is 12.1. The summed E-state index contributed by atoms with van der Waals surface area (Å²) in [6.07, 6.45) is 2.92. The molecule has 0 bridgehead atoms. The third kappa shape index (κ3) is 5.88. The summed E-state index contributed by atoms with van der Waals surface area (Å²) in [5.74, 6) is 2.18. The predicted molar refractivity (Wildman–Crippen MR) is 112 cm³/mol. The molecule has 3 rings (SSSR count). The maximum atomic E-state index is 12.1. The van der Waals surface area contributed by atoms with Crippen LogP contribution in [0, 0.1) is 11.3 Å². The van der Waals surface area contributed by atoms with Crippen LogP contribution in [0.2, 0.25) is 0 Å². The van der Waals surface area contributed by atoms with Gasteiger partial charge in [-0.3, -0.25) is 0 Å². The van der Waals surface area contributed by atoms with E-state index in [-0.39, 0.29) is 6.61 Å². The lowest BCUT2D eigenvalue weighted by atomic mass is 10.2. The van der Waals surface area contributed by atoms with Crippen molar-refractivity contribution in [3.05, 3.63) is 84.4 Å². The summed E-state index contributed by atoms with van der Waals surface area (Å²) in [6, 6.07) is 23.2. The number of hydrogen-bond acceptors (Lipinski definition) is 6. The zero-order valence-corrected chi connectivity index (χ0v) is 16.3. The van der Waals surface area contributed by atoms with Gasteiger partial charge in [0.25, 0.3) is 0 Å². The molecule has 0 N–H and O–H groups in total. The molecule has 0 amide bonds. The minimum absolute atomic E-state index is 0.0763. The fourth-order valence-corrected chi connectivity index (χ4v) is 2.53. The fraction of sp³-hybridized carbons (Fsp3) is 0.0833.